The lowest BCUT2D eigenvalue weighted by Gasteiger charge is -2.33. The molecule has 2 aromatic carbocycles. The second kappa shape index (κ2) is 12.5. The van der Waals surface area contributed by atoms with Gasteiger partial charge < -0.3 is 10.2 Å². The van der Waals surface area contributed by atoms with Crippen LogP contribution < -0.4 is 9.62 Å². The summed E-state index contributed by atoms with van der Waals surface area (Å²) in [6.07, 6.45) is 6.03. The topological polar surface area (TPSA) is 86.8 Å². The Kier molecular flexibility index (Phi) is 9.70. The predicted molar refractivity (Wildman–Crippen MR) is 144 cm³/mol. The summed E-state index contributed by atoms with van der Waals surface area (Å²) in [5.74, 6) is -1.39. The van der Waals surface area contributed by atoms with Crippen LogP contribution in [0.4, 0.5) is 10.1 Å². The van der Waals surface area contributed by atoms with Crippen LogP contribution in [0.3, 0.4) is 0 Å². The Morgan fingerprint density at radius 3 is 2.24 bits per heavy atom. The van der Waals surface area contributed by atoms with Gasteiger partial charge in [-0.1, -0.05) is 69.5 Å². The predicted octanol–water partition coefficient (Wildman–Crippen LogP) is 4.58. The van der Waals surface area contributed by atoms with Gasteiger partial charge in [0, 0.05) is 18.2 Å². The molecule has 1 fully saturated rings. The van der Waals surface area contributed by atoms with Crippen LogP contribution in [0.5, 0.6) is 0 Å². The summed E-state index contributed by atoms with van der Waals surface area (Å²) in [5, 5.41) is 3.04. The van der Waals surface area contributed by atoms with Crippen molar-refractivity contribution in [2.45, 2.75) is 77.4 Å². The Bertz CT molecular complexity index is 1200. The van der Waals surface area contributed by atoms with E-state index in [4.69, 9.17) is 0 Å². The van der Waals surface area contributed by atoms with E-state index in [9.17, 15) is 22.4 Å². The number of hydrogen-bond acceptors (Lipinski definition) is 4. The highest BCUT2D eigenvalue weighted by atomic mass is 32.2. The molecule has 0 aliphatic heterocycles. The van der Waals surface area contributed by atoms with Crippen molar-refractivity contribution in [1.82, 2.24) is 10.2 Å². The van der Waals surface area contributed by atoms with E-state index >= 15 is 0 Å². The molecule has 1 aliphatic carbocycles. The zero-order valence-corrected chi connectivity index (χ0v) is 22.9. The van der Waals surface area contributed by atoms with Gasteiger partial charge in [-0.05, 0) is 43.4 Å². The van der Waals surface area contributed by atoms with Crippen molar-refractivity contribution >= 4 is 27.5 Å². The third-order valence-electron chi connectivity index (χ3n) is 6.92. The molecule has 0 radical (unpaired) electrons. The molecule has 1 atom stereocenters. The van der Waals surface area contributed by atoms with Crippen LogP contribution >= 0.6 is 0 Å². The molecule has 1 aliphatic rings. The van der Waals surface area contributed by atoms with Crippen LogP contribution in [0.25, 0.3) is 0 Å². The summed E-state index contributed by atoms with van der Waals surface area (Å²) in [6.45, 7) is 4.84. The zero-order valence-electron chi connectivity index (χ0n) is 22.1. The van der Waals surface area contributed by atoms with Gasteiger partial charge in [-0.25, -0.2) is 12.8 Å². The van der Waals surface area contributed by atoms with E-state index in [0.717, 1.165) is 48.2 Å². The van der Waals surface area contributed by atoms with Gasteiger partial charge in [0.05, 0.1) is 11.9 Å². The number of benzene rings is 2. The van der Waals surface area contributed by atoms with Crippen LogP contribution in [-0.4, -0.2) is 50.0 Å². The molecule has 1 saturated carbocycles. The third-order valence-corrected chi connectivity index (χ3v) is 8.05. The van der Waals surface area contributed by atoms with Gasteiger partial charge in [-0.2, -0.15) is 0 Å². The number of halogens is 1. The van der Waals surface area contributed by atoms with E-state index in [2.05, 4.69) is 5.32 Å². The van der Waals surface area contributed by atoms with Gasteiger partial charge in [0.15, 0.2) is 0 Å². The van der Waals surface area contributed by atoms with Gasteiger partial charge in [0.1, 0.15) is 18.4 Å². The summed E-state index contributed by atoms with van der Waals surface area (Å²) in [7, 11) is -3.84. The number of sulfonamides is 1. The van der Waals surface area contributed by atoms with E-state index in [1.165, 1.54) is 11.0 Å². The van der Waals surface area contributed by atoms with Crippen LogP contribution in [0.1, 0.15) is 69.9 Å². The fourth-order valence-electron chi connectivity index (χ4n) is 4.76. The molecule has 0 spiro atoms. The molecule has 0 unspecified atom stereocenters. The molecule has 202 valence electrons. The number of amides is 2. The van der Waals surface area contributed by atoms with Crippen molar-refractivity contribution in [3.63, 3.8) is 0 Å². The van der Waals surface area contributed by atoms with Crippen LogP contribution in [-0.2, 0) is 26.2 Å². The molecule has 7 nitrogen and oxygen atoms in total. The molecule has 2 aromatic rings. The number of hydrogen-bond donors (Lipinski definition) is 1. The fourth-order valence-corrected chi connectivity index (χ4v) is 5.63. The van der Waals surface area contributed by atoms with E-state index in [0.29, 0.717) is 5.69 Å². The first-order valence-electron chi connectivity index (χ1n) is 12.9. The summed E-state index contributed by atoms with van der Waals surface area (Å²) in [6, 6.07) is 12.2. The van der Waals surface area contributed by atoms with Crippen molar-refractivity contribution in [3.8, 4) is 0 Å². The standard InChI is InChI=1S/C28H38FN3O4S/c1-20(2)24-15-9-11-17-26(24)32(37(4,35)36)19-27(33)31(18-22-12-8-10-16-25(22)29)21(3)28(34)30-23-13-6-5-7-14-23/h8-12,15-17,20-21,23H,5-7,13-14,18-19H2,1-4H3,(H,30,34)/t21-/m1/s1. The minimum atomic E-state index is -3.84. The van der Waals surface area contributed by atoms with Gasteiger partial charge >= 0.3 is 0 Å². The average molecular weight is 532 g/mol. The highest BCUT2D eigenvalue weighted by molar-refractivity contribution is 7.92. The lowest BCUT2D eigenvalue weighted by atomic mass is 9.95. The van der Waals surface area contributed by atoms with Crippen LogP contribution in [0.2, 0.25) is 0 Å². The largest absolute Gasteiger partial charge is 0.352 e. The van der Waals surface area contributed by atoms with Crippen molar-refractivity contribution in [1.29, 1.82) is 0 Å². The number of rotatable bonds is 10. The third kappa shape index (κ3) is 7.53. The minimum absolute atomic E-state index is 0.0188. The smallest absolute Gasteiger partial charge is 0.244 e. The molecule has 0 heterocycles. The van der Waals surface area contributed by atoms with Crippen molar-refractivity contribution < 1.29 is 22.4 Å². The average Bonchev–Trinajstić information content (AvgIpc) is 2.86. The summed E-state index contributed by atoms with van der Waals surface area (Å²) in [4.78, 5) is 28.2. The van der Waals surface area contributed by atoms with E-state index < -0.39 is 34.3 Å². The van der Waals surface area contributed by atoms with E-state index in [1.54, 1.807) is 37.3 Å². The van der Waals surface area contributed by atoms with Gasteiger partial charge in [-0.3, -0.25) is 13.9 Å². The van der Waals surface area contributed by atoms with Crippen molar-refractivity contribution in [3.05, 3.63) is 65.5 Å². The first kappa shape index (κ1) is 28.6. The Hall–Kier alpha value is -2.94. The Morgan fingerprint density at radius 1 is 1.00 bits per heavy atom. The van der Waals surface area contributed by atoms with E-state index in [1.807, 2.05) is 26.0 Å². The normalized spacial score (nSPS) is 15.3. The Balaban J connectivity index is 1.93. The van der Waals surface area contributed by atoms with Crippen LogP contribution in [0.15, 0.2) is 48.5 Å². The maximum Gasteiger partial charge on any atom is 0.244 e. The Labute approximate surface area is 220 Å². The molecule has 3 rings (SSSR count). The van der Waals surface area contributed by atoms with Crippen molar-refractivity contribution in [2.24, 2.45) is 0 Å². The fraction of sp³-hybridized carbons (Fsp3) is 0.500. The molecule has 0 aromatic heterocycles. The number of carbonyl (C=O) groups is 2. The van der Waals surface area contributed by atoms with Crippen molar-refractivity contribution in [2.75, 3.05) is 17.1 Å². The molecule has 37 heavy (non-hydrogen) atoms. The van der Waals surface area contributed by atoms with E-state index in [-0.39, 0.29) is 30.0 Å². The summed E-state index contributed by atoms with van der Waals surface area (Å²) >= 11 is 0. The molecule has 9 heteroatoms. The molecule has 2 amide bonds. The SMILES string of the molecule is CC(C)c1ccccc1N(CC(=O)N(Cc1ccccc1F)[C@H](C)C(=O)NC1CCCCC1)S(C)(=O)=O. The van der Waals surface area contributed by atoms with Gasteiger partial charge in [-0.15, -0.1) is 0 Å². The number of nitrogens with zero attached hydrogens (tertiary/aromatic N) is 2. The lowest BCUT2D eigenvalue weighted by Crippen LogP contribution is -2.53. The number of para-hydroxylation sites is 1. The highest BCUT2D eigenvalue weighted by Crippen LogP contribution is 2.29. The second-order valence-electron chi connectivity index (χ2n) is 10.1. The highest BCUT2D eigenvalue weighted by Gasteiger charge is 2.32. The zero-order chi connectivity index (χ0) is 27.2. The first-order valence-corrected chi connectivity index (χ1v) is 14.7. The molecule has 0 saturated heterocycles. The molecule has 1 N–H and O–H groups in total. The number of nitrogens with one attached hydrogen (secondary N) is 1. The molecular formula is C28H38FN3O4S. The monoisotopic (exact) mass is 531 g/mol. The summed E-state index contributed by atoms with van der Waals surface area (Å²) < 4.78 is 41.4. The van der Waals surface area contributed by atoms with Gasteiger partial charge in [0.25, 0.3) is 0 Å². The number of carbonyl (C=O) groups excluding carboxylic acids is 2. The van der Waals surface area contributed by atoms with Crippen LogP contribution in [0, 0.1) is 5.82 Å². The maximum absolute atomic E-state index is 14.6. The molecular weight excluding hydrogens is 493 g/mol. The summed E-state index contributed by atoms with van der Waals surface area (Å²) in [5.41, 5.74) is 1.45. The Morgan fingerprint density at radius 2 is 1.62 bits per heavy atom. The second-order valence-corrected chi connectivity index (χ2v) is 12.0. The first-order chi connectivity index (χ1) is 17.5. The lowest BCUT2D eigenvalue weighted by molar-refractivity contribution is -0.139. The van der Waals surface area contributed by atoms with Gasteiger partial charge in [0.2, 0.25) is 21.8 Å². The quantitative estimate of drug-likeness (QED) is 0.486. The maximum atomic E-state index is 14.6. The number of anilines is 1. The molecule has 0 bridgehead atoms. The minimum Gasteiger partial charge on any atom is -0.352 e.